The summed E-state index contributed by atoms with van der Waals surface area (Å²) < 4.78 is 13.4. The topological polar surface area (TPSA) is 63.8 Å². The first-order valence-electron chi connectivity index (χ1n) is 6.06. The molecule has 0 radical (unpaired) electrons. The van der Waals surface area contributed by atoms with Gasteiger partial charge in [0.1, 0.15) is 10.8 Å². The van der Waals surface area contributed by atoms with Gasteiger partial charge in [0.05, 0.1) is 11.3 Å². The summed E-state index contributed by atoms with van der Waals surface area (Å²) in [5.41, 5.74) is 9.39. The number of nitrogens with one attached hydrogen (secondary N) is 1. The molecule has 0 fully saturated rings. The van der Waals surface area contributed by atoms with E-state index in [-0.39, 0.29) is 10.8 Å². The predicted octanol–water partition coefficient (Wildman–Crippen LogP) is 2.92. The van der Waals surface area contributed by atoms with Crippen LogP contribution in [0.1, 0.15) is 22.4 Å². The van der Waals surface area contributed by atoms with Crippen molar-refractivity contribution in [3.8, 4) is 0 Å². The van der Waals surface area contributed by atoms with E-state index in [2.05, 4.69) is 15.5 Å². The molecule has 0 amide bonds. The Balaban J connectivity index is 2.48. The molecule has 2 rings (SSSR count). The highest BCUT2D eigenvalue weighted by Crippen LogP contribution is 2.23. The van der Waals surface area contributed by atoms with E-state index in [0.29, 0.717) is 17.1 Å². The van der Waals surface area contributed by atoms with Crippen molar-refractivity contribution in [3.05, 3.63) is 46.4 Å². The molecule has 20 heavy (non-hydrogen) atoms. The number of thiocarbonyl (C=S) groups is 1. The minimum absolute atomic E-state index is 0.233. The van der Waals surface area contributed by atoms with Crippen LogP contribution >= 0.6 is 12.2 Å². The van der Waals surface area contributed by atoms with Crippen LogP contribution < -0.4 is 11.1 Å². The van der Waals surface area contributed by atoms with E-state index >= 15 is 0 Å². The van der Waals surface area contributed by atoms with Crippen molar-refractivity contribution >= 4 is 28.7 Å². The second-order valence-corrected chi connectivity index (χ2v) is 5.08. The highest BCUT2D eigenvalue weighted by molar-refractivity contribution is 7.80. The molecule has 3 N–H and O–H groups in total. The molecule has 0 aliphatic heterocycles. The summed E-state index contributed by atoms with van der Waals surface area (Å²) in [6.07, 6.45) is 0. The fourth-order valence-electron chi connectivity index (χ4n) is 1.94. The van der Waals surface area contributed by atoms with Gasteiger partial charge in [-0.05, 0) is 50.1 Å². The van der Waals surface area contributed by atoms with Gasteiger partial charge in [0, 0.05) is 5.69 Å². The maximum Gasteiger partial charge on any atom is 0.163 e. The average Bonchev–Trinajstić information content (AvgIpc) is 2.32. The standard InChI is InChI=1S/C14H15FN4S/c1-7-4-10(15)6-11(5-7)17-14-12(13(16)20)8(2)9(3)18-19-14/h4-6H,1-3H3,(H2,16,20)(H,17,19). The second-order valence-electron chi connectivity index (χ2n) is 4.64. The van der Waals surface area contributed by atoms with Crippen LogP contribution in [0.5, 0.6) is 0 Å². The number of halogens is 1. The molecule has 0 bridgehead atoms. The molecule has 6 heteroatoms. The number of anilines is 2. The summed E-state index contributed by atoms with van der Waals surface area (Å²) >= 11 is 5.06. The maximum atomic E-state index is 13.4. The van der Waals surface area contributed by atoms with Crippen molar-refractivity contribution in [3.63, 3.8) is 0 Å². The fourth-order valence-corrected chi connectivity index (χ4v) is 2.19. The van der Waals surface area contributed by atoms with Gasteiger partial charge >= 0.3 is 0 Å². The molecule has 1 heterocycles. The van der Waals surface area contributed by atoms with Gasteiger partial charge in [0.15, 0.2) is 5.82 Å². The highest BCUT2D eigenvalue weighted by Gasteiger charge is 2.14. The van der Waals surface area contributed by atoms with E-state index < -0.39 is 0 Å². The number of rotatable bonds is 3. The third-order valence-corrected chi connectivity index (χ3v) is 3.21. The van der Waals surface area contributed by atoms with E-state index in [9.17, 15) is 4.39 Å². The van der Waals surface area contributed by atoms with Gasteiger partial charge in [-0.25, -0.2) is 4.39 Å². The lowest BCUT2D eigenvalue weighted by Crippen LogP contribution is -2.17. The zero-order valence-corrected chi connectivity index (χ0v) is 12.3. The first-order valence-corrected chi connectivity index (χ1v) is 6.47. The lowest BCUT2D eigenvalue weighted by molar-refractivity contribution is 0.627. The predicted molar refractivity (Wildman–Crippen MR) is 81.8 cm³/mol. The molecule has 0 atom stereocenters. The van der Waals surface area contributed by atoms with Gasteiger partial charge in [0.25, 0.3) is 0 Å². The first kappa shape index (κ1) is 14.3. The molecular weight excluding hydrogens is 275 g/mol. The summed E-state index contributed by atoms with van der Waals surface area (Å²) in [5, 5.41) is 11.1. The number of aryl methyl sites for hydroxylation is 2. The Hall–Kier alpha value is -2.08. The van der Waals surface area contributed by atoms with Crippen LogP contribution in [0.4, 0.5) is 15.9 Å². The van der Waals surface area contributed by atoms with Crippen molar-refractivity contribution in [2.45, 2.75) is 20.8 Å². The summed E-state index contributed by atoms with van der Waals surface area (Å²) in [5.74, 6) is 0.117. The Bertz CT molecular complexity index is 665. The van der Waals surface area contributed by atoms with Gasteiger partial charge in [-0.1, -0.05) is 12.2 Å². The summed E-state index contributed by atoms with van der Waals surface area (Å²) in [6, 6.07) is 4.64. The Morgan fingerprint density at radius 1 is 1.20 bits per heavy atom. The lowest BCUT2D eigenvalue weighted by atomic mass is 10.1. The Morgan fingerprint density at radius 3 is 2.50 bits per heavy atom. The van der Waals surface area contributed by atoms with Gasteiger partial charge in [-0.3, -0.25) is 0 Å². The molecule has 0 spiro atoms. The van der Waals surface area contributed by atoms with Crippen LogP contribution in [0, 0.1) is 26.6 Å². The van der Waals surface area contributed by atoms with Gasteiger partial charge in [-0.15, -0.1) is 5.10 Å². The summed E-state index contributed by atoms with van der Waals surface area (Å²) in [7, 11) is 0. The second kappa shape index (κ2) is 5.50. The Labute approximate surface area is 122 Å². The lowest BCUT2D eigenvalue weighted by Gasteiger charge is -2.13. The quantitative estimate of drug-likeness (QED) is 0.851. The third-order valence-electron chi connectivity index (χ3n) is 3.01. The number of hydrogen-bond acceptors (Lipinski definition) is 4. The van der Waals surface area contributed by atoms with E-state index in [1.54, 1.807) is 0 Å². The van der Waals surface area contributed by atoms with Gasteiger partial charge < -0.3 is 11.1 Å². The fraction of sp³-hybridized carbons (Fsp3) is 0.214. The van der Waals surface area contributed by atoms with E-state index in [1.807, 2.05) is 26.8 Å². The van der Waals surface area contributed by atoms with Crippen LogP contribution in [0.2, 0.25) is 0 Å². The SMILES string of the molecule is Cc1cc(F)cc(Nc2nnc(C)c(C)c2C(N)=S)c1. The Morgan fingerprint density at radius 2 is 1.90 bits per heavy atom. The molecule has 0 aliphatic carbocycles. The van der Waals surface area contributed by atoms with Crippen molar-refractivity contribution in [1.29, 1.82) is 0 Å². The highest BCUT2D eigenvalue weighted by atomic mass is 32.1. The van der Waals surface area contributed by atoms with Crippen molar-refractivity contribution in [1.82, 2.24) is 10.2 Å². The van der Waals surface area contributed by atoms with Crippen molar-refractivity contribution in [2.24, 2.45) is 5.73 Å². The van der Waals surface area contributed by atoms with Gasteiger partial charge in [-0.2, -0.15) is 5.10 Å². The third kappa shape index (κ3) is 2.91. The van der Waals surface area contributed by atoms with Crippen LogP contribution in [0.25, 0.3) is 0 Å². The van der Waals surface area contributed by atoms with E-state index in [0.717, 1.165) is 16.8 Å². The molecule has 2 aromatic rings. The summed E-state index contributed by atoms with van der Waals surface area (Å²) in [4.78, 5) is 0.233. The number of nitrogens with zero attached hydrogens (tertiary/aromatic N) is 2. The minimum atomic E-state index is -0.318. The first-order chi connectivity index (χ1) is 9.38. The average molecular weight is 290 g/mol. The van der Waals surface area contributed by atoms with Gasteiger partial charge in [0.2, 0.25) is 0 Å². The van der Waals surface area contributed by atoms with Crippen molar-refractivity contribution < 1.29 is 4.39 Å². The largest absolute Gasteiger partial charge is 0.389 e. The minimum Gasteiger partial charge on any atom is -0.389 e. The molecule has 0 saturated carbocycles. The molecule has 0 unspecified atom stereocenters. The molecule has 1 aromatic carbocycles. The monoisotopic (exact) mass is 290 g/mol. The Kier molecular flexibility index (Phi) is 3.94. The normalized spacial score (nSPS) is 10.4. The zero-order valence-electron chi connectivity index (χ0n) is 11.5. The molecular formula is C14H15FN4S. The smallest absolute Gasteiger partial charge is 0.163 e. The van der Waals surface area contributed by atoms with Crippen LogP contribution in [0.3, 0.4) is 0 Å². The van der Waals surface area contributed by atoms with E-state index in [1.165, 1.54) is 12.1 Å². The number of hydrogen-bond donors (Lipinski definition) is 2. The maximum absolute atomic E-state index is 13.4. The molecule has 0 saturated heterocycles. The number of nitrogens with two attached hydrogens (primary N) is 1. The molecule has 1 aromatic heterocycles. The molecule has 4 nitrogen and oxygen atoms in total. The van der Waals surface area contributed by atoms with Crippen LogP contribution in [-0.2, 0) is 0 Å². The van der Waals surface area contributed by atoms with E-state index in [4.69, 9.17) is 18.0 Å². The zero-order chi connectivity index (χ0) is 14.9. The van der Waals surface area contributed by atoms with Crippen molar-refractivity contribution in [2.75, 3.05) is 5.32 Å². The summed E-state index contributed by atoms with van der Waals surface area (Å²) in [6.45, 7) is 5.52. The number of aromatic nitrogens is 2. The number of benzene rings is 1. The molecule has 104 valence electrons. The molecule has 0 aliphatic rings. The van der Waals surface area contributed by atoms with Crippen LogP contribution in [-0.4, -0.2) is 15.2 Å². The van der Waals surface area contributed by atoms with Crippen LogP contribution in [0.15, 0.2) is 18.2 Å².